The molecule has 1 saturated carbocycles. The third-order valence-electron chi connectivity index (χ3n) is 4.19. The summed E-state index contributed by atoms with van der Waals surface area (Å²) in [5.41, 5.74) is 1.75. The van der Waals surface area contributed by atoms with Crippen LogP contribution in [0.1, 0.15) is 43.6 Å². The van der Waals surface area contributed by atoms with Gasteiger partial charge in [0.15, 0.2) is 5.58 Å². The van der Waals surface area contributed by atoms with Crippen molar-refractivity contribution in [1.29, 1.82) is 0 Å². The Morgan fingerprint density at radius 3 is 2.75 bits per heavy atom. The van der Waals surface area contributed by atoms with Gasteiger partial charge in [-0.25, -0.2) is 4.79 Å². The summed E-state index contributed by atoms with van der Waals surface area (Å²) in [6, 6.07) is 5.18. The summed E-state index contributed by atoms with van der Waals surface area (Å²) in [7, 11) is 0. The first-order chi connectivity index (χ1) is 9.65. The van der Waals surface area contributed by atoms with Crippen LogP contribution >= 0.6 is 0 Å². The molecule has 0 amide bonds. The van der Waals surface area contributed by atoms with Crippen LogP contribution in [0.5, 0.6) is 0 Å². The van der Waals surface area contributed by atoms with Gasteiger partial charge in [0.25, 0.3) is 0 Å². The number of hydrogen-bond donors (Lipinski definition) is 2. The van der Waals surface area contributed by atoms with Gasteiger partial charge in [0.2, 0.25) is 0 Å². The molecule has 0 radical (unpaired) electrons. The molecule has 1 aliphatic rings. The molecule has 2 N–H and O–H groups in total. The van der Waals surface area contributed by atoms with Crippen molar-refractivity contribution >= 4 is 17.1 Å². The van der Waals surface area contributed by atoms with Crippen LogP contribution in [0.25, 0.3) is 11.1 Å². The van der Waals surface area contributed by atoms with Crippen molar-refractivity contribution in [2.24, 2.45) is 5.92 Å². The number of carboxylic acids is 1. The standard InChI is InChI=1S/C15H17NO4/c17-14(18)13(9-4-2-1-3-5-9)10-6-7-11-12(8-10)20-15(19)16-11/h6-9,13H,1-5H2,(H,16,19)(H,17,18). The summed E-state index contributed by atoms with van der Waals surface area (Å²) in [6.45, 7) is 0. The molecule has 5 nitrogen and oxygen atoms in total. The molecule has 0 bridgehead atoms. The van der Waals surface area contributed by atoms with Gasteiger partial charge in [-0.3, -0.25) is 9.78 Å². The van der Waals surface area contributed by atoms with Crippen molar-refractivity contribution in [1.82, 2.24) is 4.98 Å². The zero-order valence-electron chi connectivity index (χ0n) is 11.1. The Kier molecular flexibility index (Phi) is 3.34. The van der Waals surface area contributed by atoms with Gasteiger partial charge < -0.3 is 9.52 Å². The maximum atomic E-state index is 11.6. The molecule has 1 aromatic heterocycles. The van der Waals surface area contributed by atoms with Gasteiger partial charge in [-0.2, -0.15) is 0 Å². The maximum absolute atomic E-state index is 11.6. The lowest BCUT2D eigenvalue weighted by atomic mass is 9.77. The zero-order chi connectivity index (χ0) is 14.1. The number of rotatable bonds is 3. The molecule has 3 rings (SSSR count). The average Bonchev–Trinajstić information content (AvgIpc) is 2.79. The number of hydrogen-bond acceptors (Lipinski definition) is 3. The number of H-pyrrole nitrogens is 1. The van der Waals surface area contributed by atoms with E-state index >= 15 is 0 Å². The van der Waals surface area contributed by atoms with Crippen LogP contribution in [0.2, 0.25) is 0 Å². The van der Waals surface area contributed by atoms with Crippen LogP contribution in [-0.4, -0.2) is 16.1 Å². The molecule has 1 aromatic carbocycles. The second kappa shape index (κ2) is 5.15. The Morgan fingerprint density at radius 2 is 2.05 bits per heavy atom. The predicted octanol–water partition coefficient (Wildman–Crippen LogP) is 2.87. The lowest BCUT2D eigenvalue weighted by Gasteiger charge is -2.27. The highest BCUT2D eigenvalue weighted by molar-refractivity contribution is 5.80. The van der Waals surface area contributed by atoms with E-state index in [1.807, 2.05) is 0 Å². The molecule has 0 saturated heterocycles. The first kappa shape index (κ1) is 13.0. The quantitative estimate of drug-likeness (QED) is 0.902. The summed E-state index contributed by atoms with van der Waals surface area (Å²) in [4.78, 5) is 25.4. The number of carboxylic acid groups (broad SMARTS) is 1. The second-order valence-electron chi connectivity index (χ2n) is 5.48. The maximum Gasteiger partial charge on any atom is 0.417 e. The fourth-order valence-corrected chi connectivity index (χ4v) is 3.24. The van der Waals surface area contributed by atoms with E-state index in [1.54, 1.807) is 18.2 Å². The van der Waals surface area contributed by atoms with Crippen molar-refractivity contribution in [3.8, 4) is 0 Å². The molecule has 5 heteroatoms. The number of oxazole rings is 1. The monoisotopic (exact) mass is 275 g/mol. The molecule has 106 valence electrons. The Bertz CT molecular complexity index is 678. The van der Waals surface area contributed by atoms with Gasteiger partial charge >= 0.3 is 11.7 Å². The molecule has 2 aromatic rings. The minimum absolute atomic E-state index is 0.171. The lowest BCUT2D eigenvalue weighted by Crippen LogP contribution is -2.23. The third kappa shape index (κ3) is 2.35. The van der Waals surface area contributed by atoms with Crippen LogP contribution in [0.15, 0.2) is 27.4 Å². The average molecular weight is 275 g/mol. The minimum atomic E-state index is -0.797. The number of carbonyl (C=O) groups is 1. The van der Waals surface area contributed by atoms with E-state index in [-0.39, 0.29) is 5.92 Å². The van der Waals surface area contributed by atoms with Crippen molar-refractivity contribution in [3.05, 3.63) is 34.3 Å². The first-order valence-corrected chi connectivity index (χ1v) is 7.01. The normalized spacial score (nSPS) is 18.2. The Labute approximate surface area is 115 Å². The van der Waals surface area contributed by atoms with E-state index in [0.717, 1.165) is 31.2 Å². The summed E-state index contributed by atoms with van der Waals surface area (Å²) >= 11 is 0. The van der Waals surface area contributed by atoms with Crippen molar-refractivity contribution in [2.45, 2.75) is 38.0 Å². The van der Waals surface area contributed by atoms with Gasteiger partial charge in [-0.05, 0) is 36.5 Å². The Balaban J connectivity index is 1.99. The fraction of sp³-hybridized carbons (Fsp3) is 0.467. The molecule has 1 fully saturated rings. The number of aromatic nitrogens is 1. The molecule has 1 heterocycles. The minimum Gasteiger partial charge on any atom is -0.481 e. The van der Waals surface area contributed by atoms with Crippen LogP contribution in [0.4, 0.5) is 0 Å². The number of benzene rings is 1. The van der Waals surface area contributed by atoms with Crippen LogP contribution < -0.4 is 5.76 Å². The predicted molar refractivity (Wildman–Crippen MR) is 73.8 cm³/mol. The topological polar surface area (TPSA) is 83.3 Å². The van der Waals surface area contributed by atoms with Gasteiger partial charge in [-0.1, -0.05) is 25.3 Å². The van der Waals surface area contributed by atoms with E-state index in [2.05, 4.69) is 4.98 Å². The smallest absolute Gasteiger partial charge is 0.417 e. The zero-order valence-corrected chi connectivity index (χ0v) is 11.1. The number of aliphatic carboxylic acids is 1. The van der Waals surface area contributed by atoms with Crippen molar-refractivity contribution in [2.75, 3.05) is 0 Å². The SMILES string of the molecule is O=C(O)C(c1ccc2[nH]c(=O)oc2c1)C1CCCCC1. The van der Waals surface area contributed by atoms with E-state index in [0.29, 0.717) is 11.1 Å². The highest BCUT2D eigenvalue weighted by Crippen LogP contribution is 2.36. The number of fused-ring (bicyclic) bond motifs is 1. The molecule has 0 aliphatic heterocycles. The summed E-state index contributed by atoms with van der Waals surface area (Å²) in [5, 5.41) is 9.56. The Morgan fingerprint density at radius 1 is 1.30 bits per heavy atom. The summed E-state index contributed by atoms with van der Waals surface area (Å²) in [6.07, 6.45) is 5.28. The van der Waals surface area contributed by atoms with Gasteiger partial charge in [0.1, 0.15) is 0 Å². The largest absolute Gasteiger partial charge is 0.481 e. The number of nitrogens with one attached hydrogen (secondary N) is 1. The van der Waals surface area contributed by atoms with Crippen molar-refractivity contribution < 1.29 is 14.3 Å². The van der Waals surface area contributed by atoms with Crippen molar-refractivity contribution in [3.63, 3.8) is 0 Å². The molecule has 0 spiro atoms. The first-order valence-electron chi connectivity index (χ1n) is 7.01. The molecule has 1 atom stereocenters. The molecular formula is C15H17NO4. The fourth-order valence-electron chi connectivity index (χ4n) is 3.24. The molecular weight excluding hydrogens is 258 g/mol. The van der Waals surface area contributed by atoms with E-state index < -0.39 is 17.6 Å². The molecule has 1 aliphatic carbocycles. The van der Waals surface area contributed by atoms with Crippen LogP contribution in [0, 0.1) is 5.92 Å². The van der Waals surface area contributed by atoms with Gasteiger partial charge in [-0.15, -0.1) is 0 Å². The van der Waals surface area contributed by atoms with Crippen LogP contribution in [0.3, 0.4) is 0 Å². The van der Waals surface area contributed by atoms with E-state index in [1.165, 1.54) is 6.42 Å². The third-order valence-corrected chi connectivity index (χ3v) is 4.19. The van der Waals surface area contributed by atoms with Gasteiger partial charge in [0.05, 0.1) is 11.4 Å². The van der Waals surface area contributed by atoms with E-state index in [9.17, 15) is 14.7 Å². The molecule has 1 unspecified atom stereocenters. The lowest BCUT2D eigenvalue weighted by molar-refractivity contribution is -0.140. The summed E-state index contributed by atoms with van der Waals surface area (Å²) < 4.78 is 5.02. The van der Waals surface area contributed by atoms with Gasteiger partial charge in [0, 0.05) is 0 Å². The molecule has 20 heavy (non-hydrogen) atoms. The Hall–Kier alpha value is -2.04. The second-order valence-corrected chi connectivity index (χ2v) is 5.48. The number of aromatic amines is 1. The highest BCUT2D eigenvalue weighted by atomic mass is 16.4. The van der Waals surface area contributed by atoms with Crippen LogP contribution in [-0.2, 0) is 4.79 Å². The highest BCUT2D eigenvalue weighted by Gasteiger charge is 2.31. The van der Waals surface area contributed by atoms with E-state index in [4.69, 9.17) is 4.42 Å². The summed E-state index contributed by atoms with van der Waals surface area (Å²) in [5.74, 6) is -1.65.